The Balaban J connectivity index is 1.62. The van der Waals surface area contributed by atoms with Gasteiger partial charge in [-0.1, -0.05) is 0 Å². The third-order valence-electron chi connectivity index (χ3n) is 4.78. The second-order valence-corrected chi connectivity index (χ2v) is 9.56. The molecule has 0 nitrogen and oxygen atoms in total. The van der Waals surface area contributed by atoms with E-state index in [0.717, 1.165) is 7.25 Å². The first-order valence-electron chi connectivity index (χ1n) is 7.25. The normalized spacial score (nSPS) is 24.8. The van der Waals surface area contributed by atoms with E-state index < -0.39 is 23.2 Å². The van der Waals surface area contributed by atoms with Crippen LogP contribution in [0.1, 0.15) is 35.9 Å². The van der Waals surface area contributed by atoms with Gasteiger partial charge in [-0.3, -0.25) is 0 Å². The molecule has 0 amide bonds. The fourth-order valence-electron chi connectivity index (χ4n) is 3.88. The van der Waals surface area contributed by atoms with Crippen molar-refractivity contribution in [3.8, 4) is 0 Å². The summed E-state index contributed by atoms with van der Waals surface area (Å²) < 4.78 is 1.64. The SMILES string of the molecule is C1=C2CC3=Cc4ccccc4[CH]3[Zr][CH]2c2ccccc21. The van der Waals surface area contributed by atoms with Crippen LogP contribution >= 0.6 is 0 Å². The molecule has 2 aromatic rings. The summed E-state index contributed by atoms with van der Waals surface area (Å²) in [5.74, 6) is 0. The van der Waals surface area contributed by atoms with Crippen molar-refractivity contribution in [1.29, 1.82) is 0 Å². The van der Waals surface area contributed by atoms with Crippen molar-refractivity contribution in [2.24, 2.45) is 0 Å². The summed E-state index contributed by atoms with van der Waals surface area (Å²) in [7, 11) is 0. The van der Waals surface area contributed by atoms with Crippen molar-refractivity contribution in [2.75, 3.05) is 0 Å². The molecule has 0 N–H and O–H groups in total. The van der Waals surface area contributed by atoms with Crippen LogP contribution in [0.5, 0.6) is 0 Å². The zero-order valence-electron chi connectivity index (χ0n) is 11.1. The molecule has 2 aliphatic carbocycles. The van der Waals surface area contributed by atoms with Crippen LogP contribution in [0.4, 0.5) is 0 Å². The van der Waals surface area contributed by atoms with Crippen LogP contribution in [0.3, 0.4) is 0 Å². The van der Waals surface area contributed by atoms with Gasteiger partial charge in [0.25, 0.3) is 0 Å². The molecule has 20 heavy (non-hydrogen) atoms. The van der Waals surface area contributed by atoms with Crippen molar-refractivity contribution in [2.45, 2.75) is 13.7 Å². The molecule has 0 bridgehead atoms. The fourth-order valence-corrected chi connectivity index (χ4v) is 8.84. The van der Waals surface area contributed by atoms with Crippen LogP contribution in [0.15, 0.2) is 59.7 Å². The van der Waals surface area contributed by atoms with Crippen LogP contribution < -0.4 is 0 Å². The minimum absolute atomic E-state index is 0.511. The summed E-state index contributed by atoms with van der Waals surface area (Å²) in [4.78, 5) is 0. The molecule has 1 aliphatic heterocycles. The van der Waals surface area contributed by atoms with E-state index in [9.17, 15) is 0 Å². The first kappa shape index (κ1) is 11.5. The Morgan fingerprint density at radius 1 is 0.700 bits per heavy atom. The van der Waals surface area contributed by atoms with Gasteiger partial charge in [0.1, 0.15) is 0 Å². The average Bonchev–Trinajstić information content (AvgIpc) is 3.02. The van der Waals surface area contributed by atoms with E-state index in [-0.39, 0.29) is 0 Å². The Labute approximate surface area is 130 Å². The van der Waals surface area contributed by atoms with Crippen LogP contribution in [0.25, 0.3) is 12.2 Å². The molecule has 0 spiro atoms. The Morgan fingerprint density at radius 2 is 1.20 bits per heavy atom. The topological polar surface area (TPSA) is 0 Å². The third-order valence-corrected chi connectivity index (χ3v) is 9.77. The summed E-state index contributed by atoms with van der Waals surface area (Å²) in [5.41, 5.74) is 9.63. The van der Waals surface area contributed by atoms with Crippen LogP contribution in [-0.4, -0.2) is 0 Å². The molecule has 0 saturated carbocycles. The standard InChI is InChI=1S/C19H14.Zr/c1-2-6-17-11-14(10-16(17)5-1)9-15-12-18-7-3-4-8-19(18)13-15;/h1-8,10-13H,9H2;. The molecule has 2 aromatic carbocycles. The molecule has 1 saturated heterocycles. The van der Waals surface area contributed by atoms with Gasteiger partial charge in [0.05, 0.1) is 0 Å². The molecule has 0 radical (unpaired) electrons. The maximum absolute atomic E-state index is 2.47. The van der Waals surface area contributed by atoms with Gasteiger partial charge in [-0.15, -0.1) is 0 Å². The zero-order valence-corrected chi connectivity index (χ0v) is 13.6. The van der Waals surface area contributed by atoms with E-state index in [2.05, 4.69) is 60.7 Å². The van der Waals surface area contributed by atoms with E-state index in [1.165, 1.54) is 17.5 Å². The van der Waals surface area contributed by atoms with Gasteiger partial charge in [-0.05, 0) is 0 Å². The van der Waals surface area contributed by atoms with Gasteiger partial charge >= 0.3 is 131 Å². The molecular formula is C19H14Zr. The Hall–Kier alpha value is -1.20. The first-order valence-corrected chi connectivity index (χ1v) is 10.1. The van der Waals surface area contributed by atoms with Crippen LogP contribution in [-0.2, 0) is 23.2 Å². The number of hydrogen-bond donors (Lipinski definition) is 0. The monoisotopic (exact) mass is 332 g/mol. The zero-order chi connectivity index (χ0) is 13.1. The number of hydrogen-bond acceptors (Lipinski definition) is 0. The number of rotatable bonds is 0. The summed E-state index contributed by atoms with van der Waals surface area (Å²) >= 11 is -0.511. The predicted molar refractivity (Wildman–Crippen MR) is 78.9 cm³/mol. The van der Waals surface area contributed by atoms with Crippen molar-refractivity contribution in [3.63, 3.8) is 0 Å². The molecule has 1 heteroatoms. The van der Waals surface area contributed by atoms with E-state index in [1.807, 2.05) is 0 Å². The van der Waals surface area contributed by atoms with Crippen LogP contribution in [0.2, 0.25) is 0 Å². The molecule has 5 rings (SSSR count). The van der Waals surface area contributed by atoms with Gasteiger partial charge in [0.15, 0.2) is 0 Å². The Kier molecular flexibility index (Phi) is 2.38. The molecule has 94 valence electrons. The third kappa shape index (κ3) is 1.51. The number of benzene rings is 2. The summed E-state index contributed by atoms with van der Waals surface area (Å²) in [6.07, 6.45) is 6.15. The van der Waals surface area contributed by atoms with Gasteiger partial charge in [0, 0.05) is 0 Å². The molecule has 2 unspecified atom stereocenters. The van der Waals surface area contributed by atoms with Crippen LogP contribution in [0, 0.1) is 0 Å². The summed E-state index contributed by atoms with van der Waals surface area (Å²) in [6.45, 7) is 0. The number of fused-ring (bicyclic) bond motifs is 6. The van der Waals surface area contributed by atoms with Crippen molar-refractivity contribution >= 4 is 12.2 Å². The van der Waals surface area contributed by atoms with Crippen molar-refractivity contribution in [3.05, 3.63) is 81.9 Å². The van der Waals surface area contributed by atoms with E-state index in [1.54, 1.807) is 22.3 Å². The van der Waals surface area contributed by atoms with Gasteiger partial charge in [-0.2, -0.15) is 0 Å². The maximum atomic E-state index is 2.47. The van der Waals surface area contributed by atoms with Crippen molar-refractivity contribution in [1.82, 2.24) is 0 Å². The molecule has 2 atom stereocenters. The molecular weight excluding hydrogens is 319 g/mol. The molecule has 0 aromatic heterocycles. The van der Waals surface area contributed by atoms with E-state index in [0.29, 0.717) is 0 Å². The predicted octanol–water partition coefficient (Wildman–Crippen LogP) is 4.75. The minimum atomic E-state index is -0.511. The second kappa shape index (κ2) is 4.15. The second-order valence-electron chi connectivity index (χ2n) is 5.91. The first-order chi connectivity index (χ1) is 9.90. The van der Waals surface area contributed by atoms with Gasteiger partial charge < -0.3 is 0 Å². The summed E-state index contributed by atoms with van der Waals surface area (Å²) in [6, 6.07) is 18.1. The quantitative estimate of drug-likeness (QED) is 0.653. The molecule has 3 aliphatic rings. The van der Waals surface area contributed by atoms with E-state index >= 15 is 0 Å². The molecule has 1 heterocycles. The Morgan fingerprint density at radius 3 is 1.75 bits per heavy atom. The summed E-state index contributed by atoms with van der Waals surface area (Å²) in [5, 5.41) is 0. The van der Waals surface area contributed by atoms with Gasteiger partial charge in [0.2, 0.25) is 0 Å². The van der Waals surface area contributed by atoms with Gasteiger partial charge in [-0.25, -0.2) is 0 Å². The van der Waals surface area contributed by atoms with Crippen molar-refractivity contribution < 1.29 is 23.2 Å². The fraction of sp³-hybridized carbons (Fsp3) is 0.158. The van der Waals surface area contributed by atoms with E-state index in [4.69, 9.17) is 0 Å². The number of allylic oxidation sites excluding steroid dienone is 2. The molecule has 1 fully saturated rings. The average molecular weight is 334 g/mol. The Bertz CT molecular complexity index is 716.